The van der Waals surface area contributed by atoms with E-state index in [0.717, 1.165) is 40.1 Å². The Morgan fingerprint density at radius 2 is 2.29 bits per heavy atom. The van der Waals surface area contributed by atoms with Crippen LogP contribution in [0.2, 0.25) is 0 Å². The van der Waals surface area contributed by atoms with Gasteiger partial charge in [-0.1, -0.05) is 0 Å². The molecule has 0 radical (unpaired) electrons. The second kappa shape index (κ2) is 6.03. The van der Waals surface area contributed by atoms with Crippen molar-refractivity contribution < 1.29 is 9.53 Å². The number of rotatable bonds is 3. The number of hydrogen-bond acceptors (Lipinski definition) is 4. The number of benzene rings is 1. The number of amides is 1. The number of nitrogens with two attached hydrogens (primary N) is 1. The van der Waals surface area contributed by atoms with Crippen LogP contribution >= 0.6 is 11.3 Å². The standard InChI is InChI=1S/C16H20N2O2S/c1-18(10-13-4-2-3-7-20-13)16(19)15-9-11-8-12(17)5-6-14(11)21-15/h5-6,8-9,13H,2-4,7,10,17H2,1H3. The number of hydrogen-bond donors (Lipinski definition) is 1. The van der Waals surface area contributed by atoms with Crippen molar-refractivity contribution in [2.24, 2.45) is 0 Å². The summed E-state index contributed by atoms with van der Waals surface area (Å²) in [6, 6.07) is 7.67. The van der Waals surface area contributed by atoms with Crippen LogP contribution in [0.3, 0.4) is 0 Å². The van der Waals surface area contributed by atoms with Gasteiger partial charge in [0.25, 0.3) is 5.91 Å². The molecule has 112 valence electrons. The molecule has 1 fully saturated rings. The van der Waals surface area contributed by atoms with Crippen LogP contribution in [-0.2, 0) is 4.74 Å². The van der Waals surface area contributed by atoms with E-state index in [4.69, 9.17) is 10.5 Å². The molecule has 0 spiro atoms. The summed E-state index contributed by atoms with van der Waals surface area (Å²) in [5.41, 5.74) is 6.51. The van der Waals surface area contributed by atoms with Gasteiger partial charge in [-0.2, -0.15) is 0 Å². The first-order valence-electron chi connectivity index (χ1n) is 7.29. The van der Waals surface area contributed by atoms with Crippen LogP contribution in [0.4, 0.5) is 5.69 Å². The predicted octanol–water partition coefficient (Wildman–Crippen LogP) is 3.12. The smallest absolute Gasteiger partial charge is 0.263 e. The minimum Gasteiger partial charge on any atom is -0.399 e. The Morgan fingerprint density at radius 3 is 3.05 bits per heavy atom. The highest BCUT2D eigenvalue weighted by Gasteiger charge is 2.21. The second-order valence-electron chi connectivity index (χ2n) is 5.58. The molecule has 0 bridgehead atoms. The summed E-state index contributed by atoms with van der Waals surface area (Å²) in [5, 5.41) is 1.03. The molecule has 1 aromatic carbocycles. The molecule has 5 heteroatoms. The Hall–Kier alpha value is -1.59. The first-order valence-corrected chi connectivity index (χ1v) is 8.11. The molecule has 0 aliphatic carbocycles. The van der Waals surface area contributed by atoms with E-state index in [1.807, 2.05) is 31.3 Å². The van der Waals surface area contributed by atoms with Gasteiger partial charge in [-0.05, 0) is 48.9 Å². The van der Waals surface area contributed by atoms with Gasteiger partial charge in [0.1, 0.15) is 0 Å². The van der Waals surface area contributed by atoms with Crippen LogP contribution in [-0.4, -0.2) is 37.1 Å². The number of anilines is 1. The number of carbonyl (C=O) groups excluding carboxylic acids is 1. The highest BCUT2D eigenvalue weighted by Crippen LogP contribution is 2.28. The Bertz CT molecular complexity index is 647. The van der Waals surface area contributed by atoms with Gasteiger partial charge in [0.2, 0.25) is 0 Å². The first kappa shape index (κ1) is 14.4. The van der Waals surface area contributed by atoms with Crippen LogP contribution in [0.5, 0.6) is 0 Å². The number of nitrogens with zero attached hydrogens (tertiary/aromatic N) is 1. The number of ether oxygens (including phenoxy) is 1. The molecule has 1 saturated heterocycles. The lowest BCUT2D eigenvalue weighted by Gasteiger charge is -2.27. The fourth-order valence-corrected chi connectivity index (χ4v) is 3.73. The van der Waals surface area contributed by atoms with E-state index < -0.39 is 0 Å². The van der Waals surface area contributed by atoms with Crippen molar-refractivity contribution in [2.75, 3.05) is 25.9 Å². The maximum Gasteiger partial charge on any atom is 0.263 e. The van der Waals surface area contributed by atoms with E-state index in [9.17, 15) is 4.79 Å². The third kappa shape index (κ3) is 3.19. The van der Waals surface area contributed by atoms with Gasteiger partial charge in [-0.25, -0.2) is 0 Å². The molecular formula is C16H20N2O2S. The molecule has 1 aliphatic heterocycles. The van der Waals surface area contributed by atoms with Gasteiger partial charge in [0, 0.05) is 30.6 Å². The van der Waals surface area contributed by atoms with Crippen molar-refractivity contribution in [2.45, 2.75) is 25.4 Å². The van der Waals surface area contributed by atoms with Crippen molar-refractivity contribution >= 4 is 33.0 Å². The van der Waals surface area contributed by atoms with Gasteiger partial charge >= 0.3 is 0 Å². The third-order valence-electron chi connectivity index (χ3n) is 3.85. The van der Waals surface area contributed by atoms with Gasteiger partial charge in [-0.3, -0.25) is 4.79 Å². The Kier molecular flexibility index (Phi) is 4.12. The first-order chi connectivity index (χ1) is 10.1. The largest absolute Gasteiger partial charge is 0.399 e. The van der Waals surface area contributed by atoms with Gasteiger partial charge < -0.3 is 15.4 Å². The normalized spacial score (nSPS) is 18.8. The van der Waals surface area contributed by atoms with Crippen LogP contribution in [0.1, 0.15) is 28.9 Å². The van der Waals surface area contributed by atoms with Crippen molar-refractivity contribution in [3.05, 3.63) is 29.1 Å². The van der Waals surface area contributed by atoms with Crippen LogP contribution in [0, 0.1) is 0 Å². The molecular weight excluding hydrogens is 284 g/mol. The molecule has 1 atom stereocenters. The van der Waals surface area contributed by atoms with Crippen LogP contribution < -0.4 is 5.73 Å². The number of nitrogen functional groups attached to an aromatic ring is 1. The molecule has 1 aromatic heterocycles. The molecule has 1 aliphatic rings. The quantitative estimate of drug-likeness (QED) is 0.886. The van der Waals surface area contributed by atoms with Crippen molar-refractivity contribution in [1.82, 2.24) is 4.90 Å². The molecule has 21 heavy (non-hydrogen) atoms. The number of fused-ring (bicyclic) bond motifs is 1. The van der Waals surface area contributed by atoms with E-state index in [1.54, 1.807) is 4.90 Å². The molecule has 1 amide bonds. The third-order valence-corrected chi connectivity index (χ3v) is 4.95. The van der Waals surface area contributed by atoms with Crippen molar-refractivity contribution in [1.29, 1.82) is 0 Å². The summed E-state index contributed by atoms with van der Waals surface area (Å²) in [6.07, 6.45) is 3.54. The number of likely N-dealkylation sites (N-methyl/N-ethyl adjacent to an activating group) is 1. The zero-order valence-corrected chi connectivity index (χ0v) is 13.0. The van der Waals surface area contributed by atoms with Gasteiger partial charge in [0.15, 0.2) is 0 Å². The topological polar surface area (TPSA) is 55.6 Å². The van der Waals surface area contributed by atoms with E-state index in [2.05, 4.69) is 0 Å². The molecule has 3 rings (SSSR count). The second-order valence-corrected chi connectivity index (χ2v) is 6.67. The lowest BCUT2D eigenvalue weighted by molar-refractivity contribution is -0.0000979. The van der Waals surface area contributed by atoms with Crippen LogP contribution in [0.15, 0.2) is 24.3 Å². The van der Waals surface area contributed by atoms with E-state index in [1.165, 1.54) is 17.8 Å². The summed E-state index contributed by atoms with van der Waals surface area (Å²) in [7, 11) is 1.85. The van der Waals surface area contributed by atoms with Crippen molar-refractivity contribution in [3.63, 3.8) is 0 Å². The molecule has 4 nitrogen and oxygen atoms in total. The fourth-order valence-electron chi connectivity index (χ4n) is 2.70. The van der Waals surface area contributed by atoms with Crippen LogP contribution in [0.25, 0.3) is 10.1 Å². The highest BCUT2D eigenvalue weighted by molar-refractivity contribution is 7.20. The zero-order valence-electron chi connectivity index (χ0n) is 12.2. The molecule has 2 N–H and O–H groups in total. The average Bonchev–Trinajstić information content (AvgIpc) is 2.90. The SMILES string of the molecule is CN(CC1CCCCO1)C(=O)c1cc2cc(N)ccc2s1. The van der Waals surface area contributed by atoms with Crippen molar-refractivity contribution in [3.8, 4) is 0 Å². The van der Waals surface area contributed by atoms with E-state index in [-0.39, 0.29) is 12.0 Å². The van der Waals surface area contributed by atoms with E-state index in [0.29, 0.717) is 6.54 Å². The zero-order chi connectivity index (χ0) is 14.8. The number of thiophene rings is 1. The summed E-state index contributed by atoms with van der Waals surface area (Å²) in [6.45, 7) is 1.48. The Labute approximate surface area is 128 Å². The average molecular weight is 304 g/mol. The maximum absolute atomic E-state index is 12.5. The summed E-state index contributed by atoms with van der Waals surface area (Å²) in [4.78, 5) is 15.0. The predicted molar refractivity (Wildman–Crippen MR) is 86.8 cm³/mol. The molecule has 1 unspecified atom stereocenters. The summed E-state index contributed by atoms with van der Waals surface area (Å²) in [5.74, 6) is 0.0592. The Balaban J connectivity index is 1.72. The summed E-state index contributed by atoms with van der Waals surface area (Å²) >= 11 is 1.52. The molecule has 2 aromatic rings. The van der Waals surface area contributed by atoms with E-state index >= 15 is 0 Å². The summed E-state index contributed by atoms with van der Waals surface area (Å²) < 4.78 is 6.79. The number of carbonyl (C=O) groups is 1. The lowest BCUT2D eigenvalue weighted by atomic mass is 10.1. The monoisotopic (exact) mass is 304 g/mol. The minimum atomic E-state index is 0.0592. The van der Waals surface area contributed by atoms with Gasteiger partial charge in [-0.15, -0.1) is 11.3 Å². The lowest BCUT2D eigenvalue weighted by Crippen LogP contribution is -2.36. The minimum absolute atomic E-state index is 0.0592. The fraction of sp³-hybridized carbons (Fsp3) is 0.438. The molecule has 2 heterocycles. The Morgan fingerprint density at radius 1 is 1.43 bits per heavy atom. The van der Waals surface area contributed by atoms with Gasteiger partial charge in [0.05, 0.1) is 11.0 Å². The maximum atomic E-state index is 12.5. The molecule has 0 saturated carbocycles. The highest BCUT2D eigenvalue weighted by atomic mass is 32.1.